The minimum atomic E-state index is -0.962. The number of hydrogen-bond acceptors (Lipinski definition) is 9. The molecule has 2 rings (SSSR count). The lowest BCUT2D eigenvalue weighted by molar-refractivity contribution is -0.140. The van der Waals surface area contributed by atoms with Crippen LogP contribution in [0.5, 0.6) is 0 Å². The smallest absolute Gasteiger partial charge is 0.358 e. The predicted molar refractivity (Wildman–Crippen MR) is 93.9 cm³/mol. The van der Waals surface area contributed by atoms with Crippen LogP contribution in [0.4, 0.5) is 0 Å². The quantitative estimate of drug-likeness (QED) is 0.297. The largest absolute Gasteiger partial charge is 0.465 e. The van der Waals surface area contributed by atoms with Gasteiger partial charge in [-0.3, -0.25) is 0 Å². The Morgan fingerprint density at radius 1 is 1.00 bits per heavy atom. The fourth-order valence-electron chi connectivity index (χ4n) is 2.35. The first kappa shape index (κ1) is 20.6. The molecule has 2 heterocycles. The standard InChI is InChI=1S/C18H18N2O8/c1-10(2)15(21)27-8-9-28-18(24)14-13(17(23)26-4)12(16(22)25-3)11-6-5-7-19-20(11)14/h5-7H,1,8-9H2,2-4H3. The number of methoxy groups -OCH3 is 2. The van der Waals surface area contributed by atoms with Crippen LogP contribution in [-0.4, -0.2) is 60.9 Å². The van der Waals surface area contributed by atoms with Crippen molar-refractivity contribution < 1.29 is 38.1 Å². The number of carbonyl (C=O) groups is 4. The molecule has 0 fully saturated rings. The monoisotopic (exact) mass is 390 g/mol. The highest BCUT2D eigenvalue weighted by atomic mass is 16.6. The van der Waals surface area contributed by atoms with Crippen molar-refractivity contribution in [1.82, 2.24) is 9.61 Å². The van der Waals surface area contributed by atoms with Crippen molar-refractivity contribution in [2.24, 2.45) is 0 Å². The van der Waals surface area contributed by atoms with Crippen LogP contribution >= 0.6 is 0 Å². The first-order chi connectivity index (χ1) is 13.3. The van der Waals surface area contributed by atoms with Gasteiger partial charge < -0.3 is 18.9 Å². The Labute approximate surface area is 159 Å². The summed E-state index contributed by atoms with van der Waals surface area (Å²) < 4.78 is 20.4. The van der Waals surface area contributed by atoms with Crippen LogP contribution in [-0.2, 0) is 23.7 Å². The van der Waals surface area contributed by atoms with Gasteiger partial charge >= 0.3 is 23.9 Å². The van der Waals surface area contributed by atoms with E-state index in [1.807, 2.05) is 0 Å². The zero-order valence-electron chi connectivity index (χ0n) is 15.5. The number of ether oxygens (including phenoxy) is 4. The van der Waals surface area contributed by atoms with E-state index in [0.717, 1.165) is 18.7 Å². The maximum absolute atomic E-state index is 12.6. The highest BCUT2D eigenvalue weighted by Gasteiger charge is 2.34. The molecule has 0 aliphatic rings. The van der Waals surface area contributed by atoms with Crippen molar-refractivity contribution in [3.63, 3.8) is 0 Å². The van der Waals surface area contributed by atoms with Crippen molar-refractivity contribution in [3.05, 3.63) is 47.3 Å². The lowest BCUT2D eigenvalue weighted by Crippen LogP contribution is -2.19. The van der Waals surface area contributed by atoms with Crippen LogP contribution in [0.3, 0.4) is 0 Å². The minimum absolute atomic E-state index is 0.162. The molecule has 0 aromatic carbocycles. The molecule has 0 aliphatic heterocycles. The third-order valence-corrected chi connectivity index (χ3v) is 3.58. The third kappa shape index (κ3) is 4.00. The SMILES string of the molecule is C=C(C)C(=O)OCCOC(=O)c1c(C(=O)OC)c(C(=O)OC)c2cccnn12. The van der Waals surface area contributed by atoms with E-state index in [1.54, 1.807) is 0 Å². The first-order valence-electron chi connectivity index (χ1n) is 7.99. The van der Waals surface area contributed by atoms with Gasteiger partial charge in [0.2, 0.25) is 0 Å². The van der Waals surface area contributed by atoms with E-state index in [2.05, 4.69) is 11.7 Å². The highest BCUT2D eigenvalue weighted by Crippen LogP contribution is 2.25. The molecule has 0 unspecified atom stereocenters. The average molecular weight is 390 g/mol. The van der Waals surface area contributed by atoms with Gasteiger partial charge in [0.1, 0.15) is 24.3 Å². The summed E-state index contributed by atoms with van der Waals surface area (Å²) in [6, 6.07) is 3.01. The molecule has 0 amide bonds. The predicted octanol–water partition coefficient (Wildman–Crippen LogP) is 1.18. The fourth-order valence-corrected chi connectivity index (χ4v) is 2.35. The van der Waals surface area contributed by atoms with Crippen LogP contribution in [0.15, 0.2) is 30.5 Å². The van der Waals surface area contributed by atoms with Gasteiger partial charge in [-0.05, 0) is 19.1 Å². The summed E-state index contributed by atoms with van der Waals surface area (Å²) in [7, 11) is 2.24. The Hall–Kier alpha value is -3.69. The molecule has 0 atom stereocenters. The Bertz CT molecular complexity index is 960. The van der Waals surface area contributed by atoms with Crippen LogP contribution in [0.2, 0.25) is 0 Å². The lowest BCUT2D eigenvalue weighted by atomic mass is 10.1. The van der Waals surface area contributed by atoms with Crippen molar-refractivity contribution >= 4 is 29.4 Å². The first-order valence-corrected chi connectivity index (χ1v) is 7.99. The molecule has 0 bridgehead atoms. The number of hydrogen-bond donors (Lipinski definition) is 0. The number of fused-ring (bicyclic) bond motifs is 1. The van der Waals surface area contributed by atoms with Crippen molar-refractivity contribution in [2.75, 3.05) is 27.4 Å². The molecule has 10 nitrogen and oxygen atoms in total. The second-order valence-corrected chi connectivity index (χ2v) is 5.45. The van der Waals surface area contributed by atoms with Crippen LogP contribution < -0.4 is 0 Å². The molecule has 0 saturated carbocycles. The molecule has 2 aromatic rings. The van der Waals surface area contributed by atoms with E-state index < -0.39 is 23.9 Å². The molecule has 10 heteroatoms. The zero-order valence-corrected chi connectivity index (χ0v) is 15.5. The molecule has 148 valence electrons. The number of carbonyl (C=O) groups excluding carboxylic acids is 4. The second-order valence-electron chi connectivity index (χ2n) is 5.45. The summed E-state index contributed by atoms with van der Waals surface area (Å²) in [5.41, 5.74) is -0.464. The van der Waals surface area contributed by atoms with Gasteiger partial charge in [0.05, 0.1) is 19.7 Å². The minimum Gasteiger partial charge on any atom is -0.465 e. The Morgan fingerprint density at radius 3 is 2.21 bits per heavy atom. The van der Waals surface area contributed by atoms with Gasteiger partial charge in [0, 0.05) is 11.8 Å². The maximum Gasteiger partial charge on any atom is 0.358 e. The Kier molecular flexibility index (Phi) is 6.48. The molecule has 28 heavy (non-hydrogen) atoms. The molecular formula is C18H18N2O8. The highest BCUT2D eigenvalue weighted by molar-refractivity contribution is 6.14. The van der Waals surface area contributed by atoms with E-state index in [4.69, 9.17) is 18.9 Å². The van der Waals surface area contributed by atoms with E-state index in [1.165, 1.54) is 25.3 Å². The second kappa shape index (κ2) is 8.80. The van der Waals surface area contributed by atoms with Crippen LogP contribution in [0.25, 0.3) is 5.52 Å². The zero-order chi connectivity index (χ0) is 20.8. The normalized spacial score (nSPS) is 10.2. The summed E-state index contributed by atoms with van der Waals surface area (Å²) in [6.07, 6.45) is 1.36. The van der Waals surface area contributed by atoms with Crippen LogP contribution in [0, 0.1) is 0 Å². The Morgan fingerprint density at radius 2 is 1.61 bits per heavy atom. The maximum atomic E-state index is 12.6. The molecule has 2 aromatic heterocycles. The van der Waals surface area contributed by atoms with Crippen LogP contribution in [0.1, 0.15) is 38.1 Å². The number of rotatable bonds is 7. The average Bonchev–Trinajstić information content (AvgIpc) is 3.04. The molecular weight excluding hydrogens is 372 g/mol. The van der Waals surface area contributed by atoms with Gasteiger partial charge in [0.15, 0.2) is 5.69 Å². The van der Waals surface area contributed by atoms with Crippen molar-refractivity contribution in [1.29, 1.82) is 0 Å². The molecule has 0 N–H and O–H groups in total. The molecule has 0 spiro atoms. The molecule has 0 radical (unpaired) electrons. The molecule has 0 saturated heterocycles. The van der Waals surface area contributed by atoms with Gasteiger partial charge in [-0.2, -0.15) is 5.10 Å². The topological polar surface area (TPSA) is 122 Å². The number of nitrogens with zero attached hydrogens (tertiary/aromatic N) is 2. The van der Waals surface area contributed by atoms with E-state index in [0.29, 0.717) is 0 Å². The van der Waals surface area contributed by atoms with Gasteiger partial charge in [0.25, 0.3) is 0 Å². The van der Waals surface area contributed by atoms with E-state index in [9.17, 15) is 19.2 Å². The Balaban J connectivity index is 2.41. The van der Waals surface area contributed by atoms with E-state index in [-0.39, 0.29) is 41.1 Å². The van der Waals surface area contributed by atoms with Crippen molar-refractivity contribution in [3.8, 4) is 0 Å². The summed E-state index contributed by atoms with van der Waals surface area (Å²) in [5.74, 6) is -3.38. The van der Waals surface area contributed by atoms with Crippen molar-refractivity contribution in [2.45, 2.75) is 6.92 Å². The van der Waals surface area contributed by atoms with Gasteiger partial charge in [-0.25, -0.2) is 23.7 Å². The summed E-state index contributed by atoms with van der Waals surface area (Å²) in [6.45, 7) is 4.40. The lowest BCUT2D eigenvalue weighted by Gasteiger charge is -2.07. The number of aromatic nitrogens is 2. The molecule has 0 aliphatic carbocycles. The summed E-state index contributed by atoms with van der Waals surface area (Å²) in [4.78, 5) is 48.4. The van der Waals surface area contributed by atoms with Gasteiger partial charge in [-0.1, -0.05) is 6.58 Å². The van der Waals surface area contributed by atoms with E-state index >= 15 is 0 Å². The summed E-state index contributed by atoms with van der Waals surface area (Å²) in [5, 5.41) is 4.00. The number of esters is 4. The summed E-state index contributed by atoms with van der Waals surface area (Å²) >= 11 is 0. The fraction of sp³-hybridized carbons (Fsp3) is 0.278. The third-order valence-electron chi connectivity index (χ3n) is 3.58. The van der Waals surface area contributed by atoms with Gasteiger partial charge in [-0.15, -0.1) is 0 Å².